The van der Waals surface area contributed by atoms with Crippen LogP contribution >= 0.6 is 21.6 Å². The summed E-state index contributed by atoms with van der Waals surface area (Å²) < 4.78 is 5.43. The monoisotopic (exact) mass is 1920 g/mol. The van der Waals surface area contributed by atoms with Gasteiger partial charge in [0.15, 0.2) is 11.9 Å². The number of hydrogen-bond donors (Lipinski definition) is 24. The Hall–Kier alpha value is -12.2. The van der Waals surface area contributed by atoms with Crippen molar-refractivity contribution in [2.75, 3.05) is 64.5 Å². The lowest BCUT2D eigenvalue weighted by Crippen LogP contribution is -2.63. The van der Waals surface area contributed by atoms with Gasteiger partial charge in [0, 0.05) is 63.5 Å². The van der Waals surface area contributed by atoms with Crippen molar-refractivity contribution >= 4 is 140 Å². The molecule has 5 saturated heterocycles. The third kappa shape index (κ3) is 32.9. The lowest BCUT2D eigenvalue weighted by molar-refractivity contribution is -0.149. The second-order valence-electron chi connectivity index (χ2n) is 34.1. The van der Waals surface area contributed by atoms with Crippen LogP contribution in [-0.2, 0) is 99.1 Å². The van der Waals surface area contributed by atoms with E-state index in [1.54, 1.807) is 82.3 Å². The molecule has 48 heteroatoms. The predicted molar refractivity (Wildman–Crippen MR) is 492 cm³/mol. The van der Waals surface area contributed by atoms with E-state index in [1.165, 1.54) is 16.9 Å². The minimum atomic E-state index is -2.03. The molecule has 0 radical (unpaired) electrons. The number of methoxy groups -OCH3 is 1. The van der Waals surface area contributed by atoms with E-state index in [9.17, 15) is 43.8 Å². The van der Waals surface area contributed by atoms with Crippen LogP contribution in [0.4, 0.5) is 0 Å². The first-order chi connectivity index (χ1) is 63.8. The molecule has 0 spiro atoms. The molecule has 0 saturated carbocycles. The second kappa shape index (κ2) is 54.2. The van der Waals surface area contributed by atoms with Gasteiger partial charge in [0.1, 0.15) is 102 Å². The van der Waals surface area contributed by atoms with Gasteiger partial charge in [-0.3, -0.25) is 97.1 Å². The summed E-state index contributed by atoms with van der Waals surface area (Å²) in [5, 5.41) is 77.3. The van der Waals surface area contributed by atoms with Crippen molar-refractivity contribution in [2.24, 2.45) is 40.5 Å². The highest BCUT2D eigenvalue weighted by Gasteiger charge is 2.48. The summed E-state index contributed by atoms with van der Waals surface area (Å²) in [4.78, 5) is 272. The molecule has 5 fully saturated rings. The number of guanidine groups is 2. The van der Waals surface area contributed by atoms with Gasteiger partial charge in [-0.05, 0) is 138 Å². The third-order valence-electron chi connectivity index (χ3n) is 24.1. The number of nitrogens with zero attached hydrogens (tertiary/aromatic N) is 3. The number of carbonyl (C=O) groups is 18. The van der Waals surface area contributed by atoms with E-state index >= 15 is 52.7 Å². The number of rotatable bonds is 28. The molecule has 2 aromatic carbocycles. The zero-order valence-electron chi connectivity index (χ0n) is 76.4. The van der Waals surface area contributed by atoms with Crippen LogP contribution in [0.15, 0.2) is 54.6 Å². The summed E-state index contributed by atoms with van der Waals surface area (Å²) in [6.45, 7) is 6.63. The molecule has 19 atom stereocenters. The summed E-state index contributed by atoms with van der Waals surface area (Å²) in [6.07, 6.45) is -3.90. The van der Waals surface area contributed by atoms with Gasteiger partial charge in [0.05, 0.1) is 26.2 Å². The van der Waals surface area contributed by atoms with Crippen molar-refractivity contribution in [2.45, 2.75) is 266 Å². The SMILES string of the molecule is CC[C@H](C)[C@@H]1NC(=O)[C@@H]2CCCN2C(=O)[C@@H]2CCCN2C(=O)[C@H]([C@@H](C)CC)NC(=O)[C@H](CO)NC(=O)[C@H](CCCCN)NC(=O)[C@H]([C@@H](C)O)NC(=O)[C@@H]2CSSC[C@H](NC1=O)C(=O)N[C@@H](Cc1ccc(OC)cc1)C(=O)N[C@@H](Cc1ccccc1)C(=O)N[C@@H](CCC(N)=O)C(=O)N[C@@H](CC(N)=O)C(=O)N[C@@H](CCCNC(=N)N)C(=O)N1CCC[C@H]1C(=O)N[C@@H](CCCNC(=N)N)C(=O)N2. The first-order valence-corrected chi connectivity index (χ1v) is 47.8. The quantitative estimate of drug-likeness (QED) is 0.0163. The predicted octanol–water partition coefficient (Wildman–Crippen LogP) is -6.57. The highest BCUT2D eigenvalue weighted by molar-refractivity contribution is 8.76. The fourth-order valence-electron chi connectivity index (χ4n) is 16.1. The van der Waals surface area contributed by atoms with Crippen molar-refractivity contribution in [3.05, 3.63) is 65.7 Å². The van der Waals surface area contributed by atoms with Crippen LogP contribution in [0.3, 0.4) is 0 Å². The summed E-state index contributed by atoms with van der Waals surface area (Å²) in [6, 6.07) is -12.2. The van der Waals surface area contributed by atoms with Gasteiger partial charge in [-0.25, -0.2) is 0 Å². The van der Waals surface area contributed by atoms with E-state index in [4.69, 9.17) is 44.2 Å². The number of amides is 18. The number of ether oxygens (including phenoxy) is 1. The molecule has 0 aromatic heterocycles. The van der Waals surface area contributed by atoms with Crippen LogP contribution in [0, 0.1) is 22.7 Å². The zero-order valence-corrected chi connectivity index (χ0v) is 78.0. The highest BCUT2D eigenvalue weighted by atomic mass is 33.1. The Balaban J connectivity index is 1.45. The minimum Gasteiger partial charge on any atom is -0.497 e. The van der Waals surface area contributed by atoms with Crippen LogP contribution < -0.4 is 113 Å². The summed E-state index contributed by atoms with van der Waals surface area (Å²) >= 11 is 0. The topological polar surface area (TPSA) is 725 Å². The van der Waals surface area contributed by atoms with E-state index in [0.717, 1.165) is 33.4 Å². The zero-order chi connectivity index (χ0) is 98.6. The van der Waals surface area contributed by atoms with E-state index < -0.39 is 277 Å². The maximum Gasteiger partial charge on any atom is 0.246 e. The highest BCUT2D eigenvalue weighted by Crippen LogP contribution is 2.30. The molecule has 2 bridgehead atoms. The van der Waals surface area contributed by atoms with Crippen LogP contribution in [0.1, 0.15) is 161 Å². The van der Waals surface area contributed by atoms with Gasteiger partial charge in [-0.15, -0.1) is 0 Å². The average Bonchev–Trinajstić information content (AvgIpc) is 1.64. The Bertz CT molecular complexity index is 4470. The molecule has 2 aromatic rings. The molecule has 5 heterocycles. The number of nitrogens with one attached hydrogen (secondary N) is 17. The van der Waals surface area contributed by atoms with Crippen molar-refractivity contribution in [3.63, 3.8) is 0 Å². The number of benzene rings is 2. The number of primary amides is 2. The van der Waals surface area contributed by atoms with Gasteiger partial charge in [-0.1, -0.05) is 105 Å². The lowest BCUT2D eigenvalue weighted by atomic mass is 9.96. The molecule has 29 N–H and O–H groups in total. The van der Waals surface area contributed by atoms with E-state index in [0.29, 0.717) is 23.3 Å². The number of unbranched alkanes of at least 4 members (excludes halogenated alkanes) is 1. The molecule has 740 valence electrons. The Morgan fingerprint density at radius 3 is 1.36 bits per heavy atom. The largest absolute Gasteiger partial charge is 0.497 e. The molecule has 134 heavy (non-hydrogen) atoms. The van der Waals surface area contributed by atoms with Crippen molar-refractivity contribution in [1.29, 1.82) is 10.8 Å². The summed E-state index contributed by atoms with van der Waals surface area (Å²) in [7, 11) is 2.95. The van der Waals surface area contributed by atoms with Crippen LogP contribution in [0.2, 0.25) is 0 Å². The van der Waals surface area contributed by atoms with Gasteiger partial charge in [0.2, 0.25) is 106 Å². The summed E-state index contributed by atoms with van der Waals surface area (Å²) in [5.41, 5.74) is 29.3. The molecule has 5 aliphatic rings. The van der Waals surface area contributed by atoms with Gasteiger partial charge >= 0.3 is 0 Å². The van der Waals surface area contributed by atoms with Gasteiger partial charge < -0.3 is 138 Å². The Morgan fingerprint density at radius 1 is 0.440 bits per heavy atom. The molecule has 18 amide bonds. The fourth-order valence-corrected chi connectivity index (χ4v) is 18.4. The molecule has 7 rings (SSSR count). The van der Waals surface area contributed by atoms with Gasteiger partial charge in [-0.2, -0.15) is 0 Å². The van der Waals surface area contributed by atoms with Crippen LogP contribution in [0.5, 0.6) is 5.75 Å². The fraction of sp³-hybridized carbons (Fsp3) is 0.628. The minimum absolute atomic E-state index is 0.0268. The Kier molecular flexibility index (Phi) is 44.1. The first kappa shape index (κ1) is 109. The molecular weight excluding hydrogens is 1780 g/mol. The van der Waals surface area contributed by atoms with Crippen molar-refractivity contribution in [1.82, 2.24) is 94.5 Å². The molecule has 0 unspecified atom stereocenters. The smallest absolute Gasteiger partial charge is 0.246 e. The number of carbonyl (C=O) groups excluding carboxylic acids is 18. The van der Waals surface area contributed by atoms with Crippen molar-refractivity contribution < 1.29 is 101 Å². The standard InChI is InChI=1S/C86H133N25O21S2/c1-7-45(3)66-80(127)105-59-43-133-134-44-60(77(124)108-68(47(5)113)81(128)98-51(21-12-13-33-87)69(116)103-58(42-112)75(122)107-67(46(4)8-2)84(131)111-38-18-26-63(111)83(130)110-37-17-25-62(110)79(126)106-66)104-70(117)52(22-14-34-94-85(90)91)97-78(125)61-24-16-36-109(61)82(129)54(23-15-35-95-86(92)93)99-74(121)57(41-65(89)115)102-71(118)53(31-32-64(88)114)96-72(119)55(39-48-19-10-9-11-20-48)100-73(120)56(101-76(59)123)40-49-27-29-50(132-6)30-28-49/h9-11,19-20,27-30,45-47,51-63,66-68,112-113H,7-8,12-18,21-26,31-44,87H2,1-6H3,(H2,88,114)(H2,89,115)(H,96,119)(H,97,125)(H,98,128)(H,99,121)(H,100,120)(H,101,123)(H,102,118)(H,103,116)(H,104,117)(H,105,127)(H,106,126)(H,107,122)(H,108,124)(H4,90,91,94)(H4,92,93,95)/t45-,46-,47+,51-,52-,53-,54-,55-,56-,57-,58-,59-,60-,61-,62-,63-,66-,67-,68-/m0/s1. The lowest BCUT2D eigenvalue weighted by Gasteiger charge is -2.35. The number of hydrogen-bond acceptors (Lipinski definition) is 26. The molecule has 5 aliphatic heterocycles. The number of aliphatic hydroxyl groups is 2. The average molecular weight is 1920 g/mol. The normalized spacial score (nSPS) is 26.9. The van der Waals surface area contributed by atoms with E-state index in [-0.39, 0.29) is 136 Å². The second-order valence-corrected chi connectivity index (χ2v) is 36.6. The number of fused-ring (bicyclic) bond motifs is 8. The maximum atomic E-state index is 15.9. The van der Waals surface area contributed by atoms with Crippen molar-refractivity contribution in [3.8, 4) is 5.75 Å². The third-order valence-corrected chi connectivity index (χ3v) is 26.5. The summed E-state index contributed by atoms with van der Waals surface area (Å²) in [5.74, 6) is -21.7. The number of nitrogens with two attached hydrogens (primary N) is 5. The van der Waals surface area contributed by atoms with Crippen LogP contribution in [-0.4, -0.2) is 310 Å². The molecular formula is C86H133N25O21S2. The Labute approximate surface area is 784 Å². The van der Waals surface area contributed by atoms with Gasteiger partial charge in [0.25, 0.3) is 0 Å². The number of aliphatic hydroxyl groups excluding tert-OH is 2. The van der Waals surface area contributed by atoms with Crippen LogP contribution in [0.25, 0.3) is 0 Å². The maximum absolute atomic E-state index is 15.9. The van der Waals surface area contributed by atoms with E-state index in [2.05, 4.69) is 79.8 Å². The Morgan fingerprint density at radius 2 is 0.836 bits per heavy atom. The van der Waals surface area contributed by atoms with E-state index in [1.807, 2.05) is 0 Å². The first-order valence-electron chi connectivity index (χ1n) is 45.3. The molecule has 46 nitrogen and oxygen atoms in total. The molecule has 0 aliphatic carbocycles.